The van der Waals surface area contributed by atoms with E-state index in [1.165, 1.54) is 35.2 Å². The molecule has 5 rings (SSSR count). The van der Waals surface area contributed by atoms with Crippen molar-refractivity contribution >= 4 is 45.7 Å². The molecule has 0 aliphatic rings. The number of carbonyl (C=O) groups excluding carboxylic acids is 1. The number of hydrogen-bond donors (Lipinski definition) is 1. The number of para-hydroxylation sites is 1. The molecule has 0 unspecified atom stereocenters. The zero-order chi connectivity index (χ0) is 24.9. The molecule has 0 radical (unpaired) electrons. The summed E-state index contributed by atoms with van der Waals surface area (Å²) >= 11 is 9.10. The molecule has 2 aromatic heterocycles. The summed E-state index contributed by atoms with van der Waals surface area (Å²) in [5.74, 6) is 0.251. The van der Waals surface area contributed by atoms with Gasteiger partial charge in [0.25, 0.3) is 0 Å². The van der Waals surface area contributed by atoms with E-state index in [9.17, 15) is 9.18 Å². The third kappa shape index (κ3) is 5.64. The van der Waals surface area contributed by atoms with Crippen LogP contribution in [0.25, 0.3) is 17.1 Å². The fraction of sp³-hybridized carbons (Fsp3) is 0.0769. The van der Waals surface area contributed by atoms with Crippen molar-refractivity contribution in [1.29, 1.82) is 0 Å². The Balaban J connectivity index is 1.29. The van der Waals surface area contributed by atoms with Gasteiger partial charge in [-0.3, -0.25) is 9.36 Å². The number of benzene rings is 3. The Labute approximate surface area is 220 Å². The lowest BCUT2D eigenvalue weighted by molar-refractivity contribution is -0.113. The second kappa shape index (κ2) is 11.0. The Hall–Kier alpha value is -3.53. The topological polar surface area (TPSA) is 72.7 Å². The number of halogens is 2. The molecule has 6 nitrogen and oxygen atoms in total. The number of anilines is 1. The lowest BCUT2D eigenvalue weighted by Crippen LogP contribution is -2.14. The Morgan fingerprint density at radius 2 is 1.75 bits per heavy atom. The van der Waals surface area contributed by atoms with Crippen LogP contribution in [0.1, 0.15) is 10.4 Å². The van der Waals surface area contributed by atoms with Crippen molar-refractivity contribution in [2.75, 3.05) is 11.1 Å². The van der Waals surface area contributed by atoms with Gasteiger partial charge >= 0.3 is 0 Å². The van der Waals surface area contributed by atoms with Crippen LogP contribution in [-0.4, -0.2) is 31.4 Å². The normalized spacial score (nSPS) is 10.9. The number of nitrogens with zero attached hydrogens (tertiary/aromatic N) is 4. The van der Waals surface area contributed by atoms with E-state index in [4.69, 9.17) is 11.6 Å². The van der Waals surface area contributed by atoms with E-state index >= 15 is 0 Å². The van der Waals surface area contributed by atoms with Crippen LogP contribution in [-0.2, 0) is 11.2 Å². The molecule has 2 heterocycles. The molecule has 0 aliphatic carbocycles. The first-order valence-electron chi connectivity index (χ1n) is 10.9. The number of hydrogen-bond acceptors (Lipinski definition) is 6. The van der Waals surface area contributed by atoms with Crippen LogP contribution in [0.3, 0.4) is 0 Å². The molecule has 1 N–H and O–H groups in total. The maximum absolute atomic E-state index is 13.1. The summed E-state index contributed by atoms with van der Waals surface area (Å²) in [6, 6.07) is 23.5. The smallest absolute Gasteiger partial charge is 0.236 e. The van der Waals surface area contributed by atoms with Gasteiger partial charge < -0.3 is 5.32 Å². The van der Waals surface area contributed by atoms with Crippen molar-refractivity contribution in [3.05, 3.63) is 106 Å². The Morgan fingerprint density at radius 1 is 1.00 bits per heavy atom. The van der Waals surface area contributed by atoms with Gasteiger partial charge in [0, 0.05) is 28.7 Å². The maximum atomic E-state index is 13.1. The highest BCUT2D eigenvalue weighted by atomic mass is 35.5. The van der Waals surface area contributed by atoms with Gasteiger partial charge in [-0.1, -0.05) is 65.8 Å². The summed E-state index contributed by atoms with van der Waals surface area (Å²) in [4.78, 5) is 18.0. The van der Waals surface area contributed by atoms with Gasteiger partial charge in [-0.05, 0) is 42.0 Å². The van der Waals surface area contributed by atoms with Crippen molar-refractivity contribution in [1.82, 2.24) is 19.7 Å². The van der Waals surface area contributed by atoms with E-state index in [1.807, 2.05) is 53.1 Å². The number of thioether (sulfide) groups is 1. The van der Waals surface area contributed by atoms with Crippen molar-refractivity contribution in [2.24, 2.45) is 0 Å². The van der Waals surface area contributed by atoms with Crippen LogP contribution in [0.2, 0.25) is 5.02 Å². The van der Waals surface area contributed by atoms with E-state index in [2.05, 4.69) is 20.5 Å². The largest absolute Gasteiger partial charge is 0.301 e. The molecule has 0 atom stereocenters. The predicted molar refractivity (Wildman–Crippen MR) is 142 cm³/mol. The zero-order valence-electron chi connectivity index (χ0n) is 18.8. The van der Waals surface area contributed by atoms with Crippen molar-refractivity contribution < 1.29 is 9.18 Å². The first-order chi connectivity index (χ1) is 17.6. The Bertz CT molecular complexity index is 1490. The highest BCUT2D eigenvalue weighted by molar-refractivity contribution is 7.99. The van der Waals surface area contributed by atoms with E-state index in [0.717, 1.165) is 21.7 Å². The molecule has 0 bridgehead atoms. The van der Waals surface area contributed by atoms with E-state index in [1.54, 1.807) is 24.4 Å². The molecular formula is C26H19ClFN5OS2. The SMILES string of the molecule is O=C(CSc1nnc(-c2ccccc2Cl)n1-c1ccccc1)Nc1ncc(Cc2ccc(F)cc2)s1. The van der Waals surface area contributed by atoms with E-state index in [0.29, 0.717) is 27.6 Å². The molecule has 10 heteroatoms. The van der Waals surface area contributed by atoms with E-state index in [-0.39, 0.29) is 17.5 Å². The molecule has 0 spiro atoms. The predicted octanol–water partition coefficient (Wildman–Crippen LogP) is 6.50. The van der Waals surface area contributed by atoms with Crippen LogP contribution in [0, 0.1) is 5.82 Å². The fourth-order valence-electron chi connectivity index (χ4n) is 3.53. The average Bonchev–Trinajstić information content (AvgIpc) is 3.51. The van der Waals surface area contributed by atoms with Gasteiger partial charge in [-0.2, -0.15) is 0 Å². The van der Waals surface area contributed by atoms with Gasteiger partial charge in [0.05, 0.1) is 10.8 Å². The molecule has 0 saturated heterocycles. The molecule has 1 amide bonds. The van der Waals surface area contributed by atoms with Crippen LogP contribution >= 0.6 is 34.7 Å². The van der Waals surface area contributed by atoms with Crippen LogP contribution in [0.5, 0.6) is 0 Å². The minimum atomic E-state index is -0.268. The Morgan fingerprint density at radius 3 is 2.53 bits per heavy atom. The van der Waals surface area contributed by atoms with Gasteiger partial charge in [-0.15, -0.1) is 21.5 Å². The Kier molecular flexibility index (Phi) is 7.41. The van der Waals surface area contributed by atoms with Crippen LogP contribution in [0.15, 0.2) is 90.2 Å². The molecule has 5 aromatic rings. The van der Waals surface area contributed by atoms with Crippen molar-refractivity contribution in [3.8, 4) is 17.1 Å². The quantitative estimate of drug-likeness (QED) is 0.229. The first kappa shape index (κ1) is 24.2. The van der Waals surface area contributed by atoms with Crippen LogP contribution in [0.4, 0.5) is 9.52 Å². The summed E-state index contributed by atoms with van der Waals surface area (Å²) in [7, 11) is 0. The molecule has 0 aliphatic heterocycles. The minimum Gasteiger partial charge on any atom is -0.301 e. The maximum Gasteiger partial charge on any atom is 0.236 e. The standard InChI is InChI=1S/C26H19ClFN5OS2/c27-22-9-5-4-8-21(22)24-31-32-26(33(24)19-6-2-1-3-7-19)35-16-23(34)30-25-29-15-20(36-25)14-17-10-12-18(28)13-11-17/h1-13,15H,14,16H2,(H,29,30,34). The highest BCUT2D eigenvalue weighted by Crippen LogP contribution is 2.32. The molecule has 36 heavy (non-hydrogen) atoms. The van der Waals surface area contributed by atoms with Crippen molar-refractivity contribution in [2.45, 2.75) is 11.6 Å². The van der Waals surface area contributed by atoms with Gasteiger partial charge in [-0.25, -0.2) is 9.37 Å². The lowest BCUT2D eigenvalue weighted by Gasteiger charge is -2.11. The number of rotatable bonds is 8. The summed E-state index contributed by atoms with van der Waals surface area (Å²) < 4.78 is 15.0. The summed E-state index contributed by atoms with van der Waals surface area (Å²) in [5, 5.41) is 13.2. The van der Waals surface area contributed by atoms with Gasteiger partial charge in [0.2, 0.25) is 5.91 Å². The summed E-state index contributed by atoms with van der Waals surface area (Å²) in [6.45, 7) is 0. The molecule has 0 saturated carbocycles. The molecule has 180 valence electrons. The molecule has 0 fully saturated rings. The number of amides is 1. The zero-order valence-corrected chi connectivity index (χ0v) is 21.2. The second-order valence-corrected chi connectivity index (χ2v) is 10.2. The third-order valence-electron chi connectivity index (χ3n) is 5.19. The molecule has 3 aromatic carbocycles. The van der Waals surface area contributed by atoms with E-state index < -0.39 is 0 Å². The summed E-state index contributed by atoms with van der Waals surface area (Å²) in [6.07, 6.45) is 2.34. The monoisotopic (exact) mass is 535 g/mol. The molecular weight excluding hydrogens is 517 g/mol. The third-order valence-corrected chi connectivity index (χ3v) is 7.36. The number of carbonyl (C=O) groups is 1. The summed E-state index contributed by atoms with van der Waals surface area (Å²) in [5.41, 5.74) is 2.59. The van der Waals surface area contributed by atoms with Gasteiger partial charge in [0.15, 0.2) is 16.1 Å². The van der Waals surface area contributed by atoms with Crippen molar-refractivity contribution in [3.63, 3.8) is 0 Å². The average molecular weight is 536 g/mol. The van der Waals surface area contributed by atoms with Crippen LogP contribution < -0.4 is 5.32 Å². The highest BCUT2D eigenvalue weighted by Gasteiger charge is 2.19. The lowest BCUT2D eigenvalue weighted by atomic mass is 10.1. The van der Waals surface area contributed by atoms with Gasteiger partial charge in [0.1, 0.15) is 5.82 Å². The fourth-order valence-corrected chi connectivity index (χ4v) is 5.36. The second-order valence-electron chi connectivity index (χ2n) is 7.73. The number of nitrogens with one attached hydrogen (secondary N) is 1. The first-order valence-corrected chi connectivity index (χ1v) is 13.1. The number of aromatic nitrogens is 4. The minimum absolute atomic E-state index is 0.125. The number of thiazole rings is 1.